The topological polar surface area (TPSA) is 96.7 Å². The third-order valence-corrected chi connectivity index (χ3v) is 9.77. The van der Waals surface area contributed by atoms with Crippen molar-refractivity contribution in [2.75, 3.05) is 18.5 Å². The van der Waals surface area contributed by atoms with Crippen molar-refractivity contribution in [1.29, 1.82) is 0 Å². The Hall–Kier alpha value is -3.66. The molecule has 3 heterocycles. The van der Waals surface area contributed by atoms with Crippen molar-refractivity contribution in [2.45, 2.75) is 49.7 Å². The van der Waals surface area contributed by atoms with E-state index in [0.29, 0.717) is 45.5 Å². The van der Waals surface area contributed by atoms with E-state index in [9.17, 15) is 14.7 Å². The second kappa shape index (κ2) is 10.5. The van der Waals surface area contributed by atoms with Crippen molar-refractivity contribution in [3.05, 3.63) is 87.7 Å². The minimum Gasteiger partial charge on any atom is -0.478 e. The van der Waals surface area contributed by atoms with Gasteiger partial charge in [-0.2, -0.15) is 5.10 Å². The lowest BCUT2D eigenvalue weighted by Gasteiger charge is -2.39. The van der Waals surface area contributed by atoms with Gasteiger partial charge in [-0.3, -0.25) is 9.69 Å². The van der Waals surface area contributed by atoms with Crippen LogP contribution in [0.1, 0.15) is 54.1 Å². The second-order valence-corrected chi connectivity index (χ2v) is 12.7. The fraction of sp³-hybridized carbons (Fsp3) is 0.344. The Morgan fingerprint density at radius 1 is 1.14 bits per heavy atom. The van der Waals surface area contributed by atoms with Gasteiger partial charge in [-0.15, -0.1) is 0 Å². The number of hydrogen-bond donors (Lipinski definition) is 2. The van der Waals surface area contributed by atoms with E-state index in [2.05, 4.69) is 10.2 Å². The zero-order chi connectivity index (χ0) is 30.0. The summed E-state index contributed by atoms with van der Waals surface area (Å²) in [4.78, 5) is 28.4. The van der Waals surface area contributed by atoms with Crippen LogP contribution in [0.5, 0.6) is 5.88 Å². The number of fused-ring (bicyclic) bond motifs is 5. The van der Waals surface area contributed by atoms with Gasteiger partial charge in [-0.25, -0.2) is 13.9 Å². The van der Waals surface area contributed by atoms with Gasteiger partial charge >= 0.3 is 5.97 Å². The SMILES string of the molecule is C[C@]1(C(=O)Nc2cccc(Cl)c2)[C@@H](c2cccc(Cl)c2F)[C@H]2[C@H](COc3c4ccc(C(=O)O)cc4nn32)N1CCC1CC1. The largest absolute Gasteiger partial charge is 0.478 e. The molecule has 8 nitrogen and oxygen atoms in total. The molecule has 4 atom stereocenters. The molecule has 222 valence electrons. The molecule has 1 saturated heterocycles. The molecule has 0 unspecified atom stereocenters. The fourth-order valence-corrected chi connectivity index (χ4v) is 7.32. The van der Waals surface area contributed by atoms with Crippen LogP contribution in [0.15, 0.2) is 60.7 Å². The summed E-state index contributed by atoms with van der Waals surface area (Å²) in [5, 5.41) is 18.6. The summed E-state index contributed by atoms with van der Waals surface area (Å²) < 4.78 is 24.1. The standard InChI is InChI=1S/C32H29Cl2FN4O4/c1-32(31(42)36-20-5-2-4-19(33)15-20)26(22-6-3-7-23(34)27(22)35)28-25(38(32)13-12-17-8-9-17)16-43-29-21-11-10-18(30(40)41)14-24(21)37-39(28)29/h2-7,10-11,14-15,17,25-26,28H,8-9,12-13,16H2,1H3,(H,36,42)(H,40,41)/t25-,26-,28+,32+/m0/s1. The summed E-state index contributed by atoms with van der Waals surface area (Å²) >= 11 is 12.6. The molecule has 1 saturated carbocycles. The summed E-state index contributed by atoms with van der Waals surface area (Å²) in [6.45, 7) is 2.71. The van der Waals surface area contributed by atoms with E-state index in [1.807, 2.05) is 6.92 Å². The van der Waals surface area contributed by atoms with Crippen LogP contribution < -0.4 is 10.1 Å². The Balaban J connectivity index is 1.42. The number of nitrogens with zero attached hydrogens (tertiary/aromatic N) is 3. The number of rotatable bonds is 7. The first-order chi connectivity index (χ1) is 20.7. The van der Waals surface area contributed by atoms with E-state index < -0.39 is 29.3 Å². The highest BCUT2D eigenvalue weighted by molar-refractivity contribution is 6.31. The molecule has 3 aliphatic rings. The molecule has 11 heteroatoms. The predicted octanol–water partition coefficient (Wildman–Crippen LogP) is 6.78. The molecule has 1 amide bonds. The molecule has 0 radical (unpaired) electrons. The third-order valence-electron chi connectivity index (χ3n) is 9.24. The van der Waals surface area contributed by atoms with Gasteiger partial charge in [0.15, 0.2) is 0 Å². The van der Waals surface area contributed by atoms with Crippen molar-refractivity contribution in [3.63, 3.8) is 0 Å². The zero-order valence-corrected chi connectivity index (χ0v) is 24.8. The molecule has 0 spiro atoms. The Morgan fingerprint density at radius 2 is 1.93 bits per heavy atom. The molecule has 7 rings (SSSR count). The van der Waals surface area contributed by atoms with Crippen molar-refractivity contribution < 1.29 is 23.8 Å². The zero-order valence-electron chi connectivity index (χ0n) is 23.3. The van der Waals surface area contributed by atoms with Crippen molar-refractivity contribution in [1.82, 2.24) is 14.7 Å². The van der Waals surface area contributed by atoms with Gasteiger partial charge in [-0.05, 0) is 73.8 Å². The number of nitrogens with one attached hydrogen (secondary N) is 1. The third kappa shape index (κ3) is 4.65. The van der Waals surface area contributed by atoms with E-state index >= 15 is 4.39 Å². The molecule has 1 aliphatic carbocycles. The number of aromatic carboxylic acids is 1. The smallest absolute Gasteiger partial charge is 0.335 e. The van der Waals surface area contributed by atoms with E-state index in [4.69, 9.17) is 33.0 Å². The van der Waals surface area contributed by atoms with Gasteiger partial charge in [0, 0.05) is 16.6 Å². The number of anilines is 1. The van der Waals surface area contributed by atoms with Gasteiger partial charge < -0.3 is 15.2 Å². The number of carbonyl (C=O) groups is 2. The van der Waals surface area contributed by atoms with Crippen LogP contribution in [0, 0.1) is 11.7 Å². The van der Waals surface area contributed by atoms with E-state index in [0.717, 1.165) is 19.3 Å². The number of hydrogen-bond acceptors (Lipinski definition) is 5. The monoisotopic (exact) mass is 622 g/mol. The molecule has 2 N–H and O–H groups in total. The average Bonchev–Trinajstić information content (AvgIpc) is 3.67. The highest BCUT2D eigenvalue weighted by Crippen LogP contribution is 2.56. The number of aromatic nitrogens is 2. The molecule has 2 fully saturated rings. The van der Waals surface area contributed by atoms with Gasteiger partial charge in [0.2, 0.25) is 11.8 Å². The van der Waals surface area contributed by atoms with Crippen molar-refractivity contribution >= 4 is 51.7 Å². The number of benzene rings is 3. The highest BCUT2D eigenvalue weighted by atomic mass is 35.5. The summed E-state index contributed by atoms with van der Waals surface area (Å²) in [7, 11) is 0. The van der Waals surface area contributed by atoms with Gasteiger partial charge in [0.25, 0.3) is 0 Å². The van der Waals surface area contributed by atoms with Crippen LogP contribution in [0.4, 0.5) is 10.1 Å². The lowest BCUT2D eigenvalue weighted by atomic mass is 9.77. The highest BCUT2D eigenvalue weighted by Gasteiger charge is 2.63. The Bertz CT molecular complexity index is 1780. The molecule has 1 aromatic heterocycles. The number of ether oxygens (including phenoxy) is 1. The first-order valence-electron chi connectivity index (χ1n) is 14.3. The maximum atomic E-state index is 16.0. The maximum Gasteiger partial charge on any atom is 0.335 e. The lowest BCUT2D eigenvalue weighted by Crippen LogP contribution is -2.56. The van der Waals surface area contributed by atoms with Gasteiger partial charge in [0.1, 0.15) is 18.0 Å². The predicted molar refractivity (Wildman–Crippen MR) is 162 cm³/mol. The van der Waals surface area contributed by atoms with Gasteiger partial charge in [0.05, 0.1) is 33.6 Å². The molecule has 43 heavy (non-hydrogen) atoms. The number of carboxylic acids is 1. The minimum absolute atomic E-state index is 0.0351. The van der Waals surface area contributed by atoms with E-state index in [1.165, 1.54) is 18.2 Å². The van der Waals surface area contributed by atoms with Crippen molar-refractivity contribution in [2.24, 2.45) is 5.92 Å². The molecule has 2 aliphatic heterocycles. The number of carboxylic acid groups (broad SMARTS) is 1. The number of likely N-dealkylation sites (tertiary alicyclic amines) is 1. The summed E-state index contributed by atoms with van der Waals surface area (Å²) in [6, 6.07) is 15.6. The average molecular weight is 624 g/mol. The van der Waals surface area contributed by atoms with E-state index in [1.54, 1.807) is 47.1 Å². The van der Waals surface area contributed by atoms with Crippen LogP contribution in [0.25, 0.3) is 10.9 Å². The Morgan fingerprint density at radius 3 is 2.67 bits per heavy atom. The molecule has 0 bridgehead atoms. The molecule has 4 aromatic rings. The molecule has 3 aromatic carbocycles. The Kier molecular flexibility index (Phi) is 6.87. The van der Waals surface area contributed by atoms with Crippen LogP contribution in [0.2, 0.25) is 10.0 Å². The van der Waals surface area contributed by atoms with Crippen molar-refractivity contribution in [3.8, 4) is 5.88 Å². The van der Waals surface area contributed by atoms with Crippen LogP contribution in [-0.4, -0.2) is 56.4 Å². The molecular weight excluding hydrogens is 594 g/mol. The number of amides is 1. The summed E-state index contributed by atoms with van der Waals surface area (Å²) in [6.07, 6.45) is 3.19. The first kappa shape index (κ1) is 28.1. The minimum atomic E-state index is -1.26. The fourth-order valence-electron chi connectivity index (χ4n) is 6.95. The second-order valence-electron chi connectivity index (χ2n) is 11.8. The number of carbonyl (C=O) groups excluding carboxylic acids is 1. The van der Waals surface area contributed by atoms with Gasteiger partial charge in [-0.1, -0.05) is 54.2 Å². The first-order valence-corrected chi connectivity index (χ1v) is 15.1. The quantitative estimate of drug-likeness (QED) is 0.236. The van der Waals surface area contributed by atoms with E-state index in [-0.39, 0.29) is 29.1 Å². The number of halogens is 3. The molecular formula is C32H29Cl2FN4O4. The van der Waals surface area contributed by atoms with Crippen LogP contribution in [-0.2, 0) is 4.79 Å². The lowest BCUT2D eigenvalue weighted by molar-refractivity contribution is -0.127. The van der Waals surface area contributed by atoms with Crippen LogP contribution >= 0.6 is 23.2 Å². The van der Waals surface area contributed by atoms with Crippen LogP contribution in [0.3, 0.4) is 0 Å². The normalized spacial score (nSPS) is 24.8. The Labute approximate surface area is 257 Å². The summed E-state index contributed by atoms with van der Waals surface area (Å²) in [5.41, 5.74) is 0.123. The summed E-state index contributed by atoms with van der Waals surface area (Å²) in [5.74, 6) is -1.65. The maximum absolute atomic E-state index is 16.0.